The SMILES string of the molecule is Cc1cc(N(CCC#N)C(=O)CSc2ccccc2C)ccc1Cl. The molecule has 0 bridgehead atoms. The Hall–Kier alpha value is -1.96. The Kier molecular flexibility index (Phi) is 6.72. The summed E-state index contributed by atoms with van der Waals surface area (Å²) in [5.74, 6) is 0.318. The average molecular weight is 359 g/mol. The molecular weight excluding hydrogens is 340 g/mol. The average Bonchev–Trinajstić information content (AvgIpc) is 2.57. The summed E-state index contributed by atoms with van der Waals surface area (Å²) < 4.78 is 0. The standard InChI is InChI=1S/C19H19ClN2OS/c1-14-6-3-4-7-18(14)24-13-19(23)22(11-5-10-21)16-8-9-17(20)15(2)12-16/h3-4,6-9,12H,5,11,13H2,1-2H3. The Morgan fingerprint density at radius 1 is 1.21 bits per heavy atom. The predicted octanol–water partition coefficient (Wildman–Crippen LogP) is 5.00. The molecule has 0 aliphatic rings. The van der Waals surface area contributed by atoms with E-state index in [1.54, 1.807) is 11.0 Å². The number of carbonyl (C=O) groups is 1. The molecule has 24 heavy (non-hydrogen) atoms. The van der Waals surface area contributed by atoms with E-state index < -0.39 is 0 Å². The lowest BCUT2D eigenvalue weighted by atomic mass is 10.2. The monoisotopic (exact) mass is 358 g/mol. The van der Waals surface area contributed by atoms with Crippen LogP contribution in [0.1, 0.15) is 17.5 Å². The van der Waals surface area contributed by atoms with Crippen LogP contribution in [0, 0.1) is 25.2 Å². The van der Waals surface area contributed by atoms with Gasteiger partial charge in [-0.2, -0.15) is 5.26 Å². The van der Waals surface area contributed by atoms with E-state index in [0.717, 1.165) is 21.7 Å². The van der Waals surface area contributed by atoms with E-state index in [2.05, 4.69) is 6.07 Å². The van der Waals surface area contributed by atoms with Crippen LogP contribution in [0.15, 0.2) is 47.4 Å². The molecule has 0 aromatic heterocycles. The van der Waals surface area contributed by atoms with Gasteiger partial charge in [0.25, 0.3) is 0 Å². The van der Waals surface area contributed by atoms with Crippen molar-refractivity contribution < 1.29 is 4.79 Å². The predicted molar refractivity (Wildman–Crippen MR) is 101 cm³/mol. The summed E-state index contributed by atoms with van der Waals surface area (Å²) in [6.07, 6.45) is 0.294. The van der Waals surface area contributed by atoms with Crippen LogP contribution in [-0.2, 0) is 4.79 Å². The van der Waals surface area contributed by atoms with Crippen molar-refractivity contribution in [2.45, 2.75) is 25.2 Å². The van der Waals surface area contributed by atoms with Gasteiger partial charge in [0.15, 0.2) is 0 Å². The molecule has 0 aliphatic carbocycles. The number of benzene rings is 2. The van der Waals surface area contributed by atoms with Crippen molar-refractivity contribution in [1.29, 1.82) is 5.26 Å². The van der Waals surface area contributed by atoms with Crippen LogP contribution in [0.2, 0.25) is 5.02 Å². The van der Waals surface area contributed by atoms with Crippen molar-refractivity contribution in [1.82, 2.24) is 0 Å². The number of nitrogens with zero attached hydrogens (tertiary/aromatic N) is 2. The van der Waals surface area contributed by atoms with Crippen LogP contribution in [0.5, 0.6) is 0 Å². The Bertz CT molecular complexity index is 770. The fraction of sp³-hybridized carbons (Fsp3) is 0.263. The van der Waals surface area contributed by atoms with Crippen LogP contribution >= 0.6 is 23.4 Å². The molecule has 0 aliphatic heterocycles. The highest BCUT2D eigenvalue weighted by atomic mass is 35.5. The Morgan fingerprint density at radius 3 is 2.62 bits per heavy atom. The summed E-state index contributed by atoms with van der Waals surface area (Å²) in [6.45, 7) is 4.31. The Balaban J connectivity index is 2.14. The zero-order chi connectivity index (χ0) is 17.5. The van der Waals surface area contributed by atoms with E-state index in [0.29, 0.717) is 23.7 Å². The largest absolute Gasteiger partial charge is 0.311 e. The maximum absolute atomic E-state index is 12.7. The quantitative estimate of drug-likeness (QED) is 0.683. The van der Waals surface area contributed by atoms with Crippen LogP contribution in [0.3, 0.4) is 0 Å². The summed E-state index contributed by atoms with van der Waals surface area (Å²) in [5.41, 5.74) is 2.85. The van der Waals surface area contributed by atoms with Gasteiger partial charge in [-0.3, -0.25) is 4.79 Å². The van der Waals surface area contributed by atoms with Gasteiger partial charge in [-0.05, 0) is 49.2 Å². The fourth-order valence-corrected chi connectivity index (χ4v) is 3.32. The zero-order valence-corrected chi connectivity index (χ0v) is 15.3. The summed E-state index contributed by atoms with van der Waals surface area (Å²) >= 11 is 7.59. The summed E-state index contributed by atoms with van der Waals surface area (Å²) in [7, 11) is 0. The second-order valence-corrected chi connectivity index (χ2v) is 6.87. The zero-order valence-electron chi connectivity index (χ0n) is 13.8. The summed E-state index contributed by atoms with van der Waals surface area (Å²) in [4.78, 5) is 15.5. The van der Waals surface area contributed by atoms with Crippen molar-refractivity contribution >= 4 is 35.0 Å². The molecular formula is C19H19ClN2OS. The minimum Gasteiger partial charge on any atom is -0.311 e. The van der Waals surface area contributed by atoms with Gasteiger partial charge in [0.2, 0.25) is 5.91 Å². The van der Waals surface area contributed by atoms with Crippen molar-refractivity contribution in [3.63, 3.8) is 0 Å². The lowest BCUT2D eigenvalue weighted by molar-refractivity contribution is -0.116. The fourth-order valence-electron chi connectivity index (χ4n) is 2.29. The van der Waals surface area contributed by atoms with E-state index in [-0.39, 0.29) is 5.91 Å². The van der Waals surface area contributed by atoms with Crippen LogP contribution in [-0.4, -0.2) is 18.2 Å². The first kappa shape index (κ1) is 18.4. The number of halogens is 1. The number of hydrogen-bond donors (Lipinski definition) is 0. The molecule has 2 rings (SSSR count). The van der Waals surface area contributed by atoms with E-state index in [9.17, 15) is 4.79 Å². The molecule has 0 saturated heterocycles. The van der Waals surface area contributed by atoms with E-state index in [1.165, 1.54) is 11.8 Å². The maximum atomic E-state index is 12.7. The molecule has 0 unspecified atom stereocenters. The van der Waals surface area contributed by atoms with Crippen LogP contribution < -0.4 is 4.90 Å². The molecule has 0 fully saturated rings. The first-order valence-corrected chi connectivity index (χ1v) is 9.01. The van der Waals surface area contributed by atoms with E-state index in [4.69, 9.17) is 16.9 Å². The third kappa shape index (κ3) is 4.77. The van der Waals surface area contributed by atoms with Crippen LogP contribution in [0.25, 0.3) is 0 Å². The van der Waals surface area contributed by atoms with Gasteiger partial charge in [0, 0.05) is 22.2 Å². The number of hydrogen-bond acceptors (Lipinski definition) is 3. The van der Waals surface area contributed by atoms with Crippen LogP contribution in [0.4, 0.5) is 5.69 Å². The van der Waals surface area contributed by atoms with Gasteiger partial charge >= 0.3 is 0 Å². The Morgan fingerprint density at radius 2 is 1.96 bits per heavy atom. The lowest BCUT2D eigenvalue weighted by Crippen LogP contribution is -2.33. The highest BCUT2D eigenvalue weighted by Gasteiger charge is 2.17. The number of anilines is 1. The molecule has 2 aromatic carbocycles. The molecule has 0 heterocycles. The maximum Gasteiger partial charge on any atom is 0.237 e. The van der Waals surface area contributed by atoms with Gasteiger partial charge in [-0.25, -0.2) is 0 Å². The molecule has 5 heteroatoms. The van der Waals surface area contributed by atoms with Gasteiger partial charge in [0.05, 0.1) is 18.2 Å². The van der Waals surface area contributed by atoms with Crippen molar-refractivity contribution in [3.8, 4) is 6.07 Å². The van der Waals surface area contributed by atoms with Gasteiger partial charge in [-0.1, -0.05) is 29.8 Å². The molecule has 3 nitrogen and oxygen atoms in total. The number of rotatable bonds is 6. The number of nitriles is 1. The topological polar surface area (TPSA) is 44.1 Å². The summed E-state index contributed by atoms with van der Waals surface area (Å²) in [5, 5.41) is 9.54. The van der Waals surface area contributed by atoms with Crippen molar-refractivity contribution in [2.24, 2.45) is 0 Å². The third-order valence-corrected chi connectivity index (χ3v) is 5.23. The van der Waals surface area contributed by atoms with E-state index >= 15 is 0 Å². The smallest absolute Gasteiger partial charge is 0.237 e. The second-order valence-electron chi connectivity index (χ2n) is 5.44. The lowest BCUT2D eigenvalue weighted by Gasteiger charge is -2.22. The first-order valence-electron chi connectivity index (χ1n) is 7.65. The molecule has 0 radical (unpaired) electrons. The molecule has 0 atom stereocenters. The second kappa shape index (κ2) is 8.77. The number of thioether (sulfide) groups is 1. The minimum absolute atomic E-state index is 0.0137. The third-order valence-electron chi connectivity index (χ3n) is 3.65. The highest BCUT2D eigenvalue weighted by molar-refractivity contribution is 8.00. The van der Waals surface area contributed by atoms with Crippen molar-refractivity contribution in [2.75, 3.05) is 17.2 Å². The number of carbonyl (C=O) groups excluding carboxylic acids is 1. The summed E-state index contributed by atoms with van der Waals surface area (Å²) in [6, 6.07) is 15.6. The van der Waals surface area contributed by atoms with Gasteiger partial charge in [0.1, 0.15) is 0 Å². The molecule has 1 amide bonds. The highest BCUT2D eigenvalue weighted by Crippen LogP contribution is 2.26. The molecule has 0 spiro atoms. The molecule has 2 aromatic rings. The number of aryl methyl sites for hydroxylation is 2. The normalized spacial score (nSPS) is 10.2. The molecule has 124 valence electrons. The number of amides is 1. The first-order chi connectivity index (χ1) is 11.5. The minimum atomic E-state index is -0.0137. The molecule has 0 N–H and O–H groups in total. The molecule has 0 saturated carbocycles. The Labute approximate surface area is 152 Å². The van der Waals surface area contributed by atoms with E-state index in [1.807, 2.05) is 50.2 Å². The van der Waals surface area contributed by atoms with Crippen molar-refractivity contribution in [3.05, 3.63) is 58.6 Å². The van der Waals surface area contributed by atoms with Gasteiger partial charge < -0.3 is 4.90 Å². The van der Waals surface area contributed by atoms with Gasteiger partial charge in [-0.15, -0.1) is 11.8 Å².